The highest BCUT2D eigenvalue weighted by molar-refractivity contribution is 6.04. The summed E-state index contributed by atoms with van der Waals surface area (Å²) in [7, 11) is 1.60. The Kier molecular flexibility index (Phi) is 3.47. The van der Waals surface area contributed by atoms with Crippen molar-refractivity contribution in [1.82, 2.24) is 9.55 Å². The molecule has 128 valence electrons. The lowest BCUT2D eigenvalue weighted by Crippen LogP contribution is -2.20. The first-order valence-corrected chi connectivity index (χ1v) is 7.93. The maximum absolute atomic E-state index is 12.8. The average molecular weight is 346 g/mol. The Hall–Kier alpha value is -3.67. The Labute approximate surface area is 147 Å². The van der Waals surface area contributed by atoms with Crippen molar-refractivity contribution < 1.29 is 15.0 Å². The van der Waals surface area contributed by atoms with Crippen LogP contribution in [-0.2, 0) is 7.05 Å². The fourth-order valence-electron chi connectivity index (χ4n) is 3.19. The molecule has 2 aromatic carbocycles. The summed E-state index contributed by atoms with van der Waals surface area (Å²) in [5, 5.41) is 21.2. The molecule has 6 heteroatoms. The molecule has 0 aliphatic heterocycles. The molecule has 2 N–H and O–H groups in total. The van der Waals surface area contributed by atoms with Crippen LogP contribution in [0, 0.1) is 0 Å². The molecule has 0 amide bonds. The number of hydrogen-bond acceptors (Lipinski definition) is 4. The minimum Gasteiger partial charge on any atom is -0.506 e. The van der Waals surface area contributed by atoms with E-state index in [4.69, 9.17) is 0 Å². The molecule has 0 saturated heterocycles. The van der Waals surface area contributed by atoms with Gasteiger partial charge in [-0.05, 0) is 24.3 Å². The highest BCUT2D eigenvalue weighted by Gasteiger charge is 2.20. The van der Waals surface area contributed by atoms with Crippen LogP contribution in [0.25, 0.3) is 33.1 Å². The maximum atomic E-state index is 12.8. The number of aryl methyl sites for hydroxylation is 1. The van der Waals surface area contributed by atoms with Gasteiger partial charge in [-0.2, -0.15) is 0 Å². The van der Waals surface area contributed by atoms with Crippen molar-refractivity contribution in [2.24, 2.45) is 7.05 Å². The number of aromatic carboxylic acids is 1. The van der Waals surface area contributed by atoms with Crippen molar-refractivity contribution in [3.05, 3.63) is 70.5 Å². The highest BCUT2D eigenvalue weighted by atomic mass is 16.4. The van der Waals surface area contributed by atoms with E-state index in [2.05, 4.69) is 4.98 Å². The normalized spacial score (nSPS) is 11.1. The summed E-state index contributed by atoms with van der Waals surface area (Å²) in [6, 6.07) is 15.1. The number of pyridine rings is 2. The Morgan fingerprint density at radius 3 is 2.42 bits per heavy atom. The number of carbonyl (C=O) groups is 1. The predicted molar refractivity (Wildman–Crippen MR) is 98.6 cm³/mol. The molecule has 0 fully saturated rings. The zero-order valence-corrected chi connectivity index (χ0v) is 13.8. The lowest BCUT2D eigenvalue weighted by molar-refractivity contribution is 0.0699. The van der Waals surface area contributed by atoms with E-state index in [9.17, 15) is 19.8 Å². The standard InChI is InChI=1S/C20H14N2O4/c1-22-16-9-5-3-7-12(16)18(23)17(19(22)24)15-10-13(20(25)26)11-6-2-4-8-14(11)21-15/h2-10,23H,1H3,(H,25,26). The molecule has 2 aromatic heterocycles. The maximum Gasteiger partial charge on any atom is 0.336 e. The van der Waals surface area contributed by atoms with Crippen molar-refractivity contribution in [3.8, 4) is 17.0 Å². The molecule has 0 saturated carbocycles. The molecule has 26 heavy (non-hydrogen) atoms. The molecule has 0 spiro atoms. The minimum absolute atomic E-state index is 0.0144. The van der Waals surface area contributed by atoms with Crippen LogP contribution in [0.2, 0.25) is 0 Å². The molecule has 0 bridgehead atoms. The molecule has 0 unspecified atom stereocenters. The van der Waals surface area contributed by atoms with E-state index >= 15 is 0 Å². The largest absolute Gasteiger partial charge is 0.506 e. The van der Waals surface area contributed by atoms with Crippen LogP contribution in [-0.4, -0.2) is 25.7 Å². The smallest absolute Gasteiger partial charge is 0.336 e. The van der Waals surface area contributed by atoms with E-state index in [0.717, 1.165) is 0 Å². The number of aromatic nitrogens is 2. The van der Waals surface area contributed by atoms with E-state index in [1.54, 1.807) is 55.6 Å². The third kappa shape index (κ3) is 2.23. The van der Waals surface area contributed by atoms with Crippen molar-refractivity contribution in [1.29, 1.82) is 0 Å². The number of aromatic hydroxyl groups is 1. The Balaban J connectivity index is 2.14. The van der Waals surface area contributed by atoms with Gasteiger partial charge < -0.3 is 14.8 Å². The number of benzene rings is 2. The van der Waals surface area contributed by atoms with Crippen LogP contribution < -0.4 is 5.56 Å². The van der Waals surface area contributed by atoms with Gasteiger partial charge in [-0.15, -0.1) is 0 Å². The van der Waals surface area contributed by atoms with Crippen LogP contribution in [0.1, 0.15) is 10.4 Å². The summed E-state index contributed by atoms with van der Waals surface area (Å²) in [5.74, 6) is -1.33. The molecule has 0 radical (unpaired) electrons. The summed E-state index contributed by atoms with van der Waals surface area (Å²) in [6.45, 7) is 0. The Bertz CT molecular complexity index is 1260. The van der Waals surface area contributed by atoms with Crippen LogP contribution in [0.4, 0.5) is 0 Å². The lowest BCUT2D eigenvalue weighted by Gasteiger charge is -2.12. The molecule has 0 atom stereocenters. The van der Waals surface area contributed by atoms with E-state index in [-0.39, 0.29) is 22.6 Å². The summed E-state index contributed by atoms with van der Waals surface area (Å²) >= 11 is 0. The Morgan fingerprint density at radius 2 is 1.69 bits per heavy atom. The molecule has 0 aliphatic carbocycles. The van der Waals surface area contributed by atoms with Gasteiger partial charge in [0.15, 0.2) is 0 Å². The number of fused-ring (bicyclic) bond motifs is 2. The number of para-hydroxylation sites is 2. The zero-order chi connectivity index (χ0) is 18.4. The highest BCUT2D eigenvalue weighted by Crippen LogP contribution is 2.33. The quantitative estimate of drug-likeness (QED) is 0.582. The van der Waals surface area contributed by atoms with Gasteiger partial charge in [0.05, 0.1) is 22.3 Å². The molecule has 4 rings (SSSR count). The second kappa shape index (κ2) is 5.70. The van der Waals surface area contributed by atoms with E-state index < -0.39 is 11.5 Å². The fourth-order valence-corrected chi connectivity index (χ4v) is 3.19. The summed E-state index contributed by atoms with van der Waals surface area (Å²) in [5.41, 5.74) is 0.722. The second-order valence-corrected chi connectivity index (χ2v) is 5.98. The number of rotatable bonds is 2. The van der Waals surface area contributed by atoms with Crippen LogP contribution >= 0.6 is 0 Å². The topological polar surface area (TPSA) is 92.4 Å². The lowest BCUT2D eigenvalue weighted by atomic mass is 10.0. The summed E-state index contributed by atoms with van der Waals surface area (Å²) in [6.07, 6.45) is 0. The number of nitrogens with zero attached hydrogens (tertiary/aromatic N) is 2. The van der Waals surface area contributed by atoms with E-state index in [1.165, 1.54) is 10.6 Å². The summed E-state index contributed by atoms with van der Waals surface area (Å²) < 4.78 is 1.42. The predicted octanol–water partition coefficient (Wildman–Crippen LogP) is 3.16. The van der Waals surface area contributed by atoms with Crippen LogP contribution in [0.5, 0.6) is 5.75 Å². The molecular weight excluding hydrogens is 332 g/mol. The van der Waals surface area contributed by atoms with Crippen molar-refractivity contribution in [3.63, 3.8) is 0 Å². The Morgan fingerprint density at radius 1 is 1.04 bits per heavy atom. The van der Waals surface area contributed by atoms with Crippen molar-refractivity contribution >= 4 is 27.8 Å². The SMILES string of the molecule is Cn1c(=O)c(-c2cc(C(=O)O)c3ccccc3n2)c(O)c2ccccc21. The molecule has 6 nitrogen and oxygen atoms in total. The van der Waals surface area contributed by atoms with Gasteiger partial charge >= 0.3 is 5.97 Å². The van der Waals surface area contributed by atoms with Crippen LogP contribution in [0.3, 0.4) is 0 Å². The third-order valence-electron chi connectivity index (χ3n) is 4.48. The van der Waals surface area contributed by atoms with Gasteiger partial charge in [0.2, 0.25) is 0 Å². The zero-order valence-electron chi connectivity index (χ0n) is 13.8. The first-order chi connectivity index (χ1) is 12.5. The number of hydrogen-bond donors (Lipinski definition) is 2. The van der Waals surface area contributed by atoms with E-state index in [1.807, 2.05) is 0 Å². The van der Waals surface area contributed by atoms with Gasteiger partial charge in [-0.25, -0.2) is 9.78 Å². The second-order valence-electron chi connectivity index (χ2n) is 5.98. The van der Waals surface area contributed by atoms with Gasteiger partial charge in [0, 0.05) is 17.8 Å². The van der Waals surface area contributed by atoms with Crippen molar-refractivity contribution in [2.45, 2.75) is 0 Å². The minimum atomic E-state index is -1.12. The molecule has 0 aliphatic rings. The van der Waals surface area contributed by atoms with Crippen LogP contribution in [0.15, 0.2) is 59.4 Å². The van der Waals surface area contributed by atoms with E-state index in [0.29, 0.717) is 21.8 Å². The van der Waals surface area contributed by atoms with Gasteiger partial charge in [0.25, 0.3) is 5.56 Å². The monoisotopic (exact) mass is 346 g/mol. The molecule has 2 heterocycles. The van der Waals surface area contributed by atoms with Gasteiger partial charge in [0.1, 0.15) is 11.3 Å². The fraction of sp³-hybridized carbons (Fsp3) is 0.0500. The summed E-state index contributed by atoms with van der Waals surface area (Å²) in [4.78, 5) is 28.9. The average Bonchev–Trinajstić information content (AvgIpc) is 2.65. The number of carboxylic acid groups (broad SMARTS) is 1. The third-order valence-corrected chi connectivity index (χ3v) is 4.48. The molecule has 4 aromatic rings. The number of carboxylic acids is 1. The van der Waals surface area contributed by atoms with Gasteiger partial charge in [-0.3, -0.25) is 4.79 Å². The first kappa shape index (κ1) is 15.8. The van der Waals surface area contributed by atoms with Gasteiger partial charge in [-0.1, -0.05) is 30.3 Å². The van der Waals surface area contributed by atoms with Crippen molar-refractivity contribution in [2.75, 3.05) is 0 Å². The first-order valence-electron chi connectivity index (χ1n) is 7.93. The molecular formula is C20H14N2O4.